The van der Waals surface area contributed by atoms with Gasteiger partial charge in [0.2, 0.25) is 0 Å². The first-order valence-electron chi connectivity index (χ1n) is 6.97. The van der Waals surface area contributed by atoms with Crippen molar-refractivity contribution in [3.8, 4) is 0 Å². The zero-order valence-corrected chi connectivity index (χ0v) is 11.8. The summed E-state index contributed by atoms with van der Waals surface area (Å²) in [6, 6.07) is 9.43. The van der Waals surface area contributed by atoms with E-state index >= 15 is 0 Å². The minimum atomic E-state index is 0.518. The van der Waals surface area contributed by atoms with Crippen molar-refractivity contribution in [2.24, 2.45) is 5.92 Å². The third-order valence-corrected chi connectivity index (χ3v) is 3.42. The van der Waals surface area contributed by atoms with Crippen LogP contribution in [0.15, 0.2) is 24.3 Å². The second-order valence-corrected chi connectivity index (χ2v) is 5.17. The van der Waals surface area contributed by atoms with Gasteiger partial charge in [-0.25, -0.2) is 0 Å². The maximum atomic E-state index is 3.68. The van der Waals surface area contributed by atoms with E-state index in [0.717, 1.165) is 12.5 Å². The lowest BCUT2D eigenvalue weighted by molar-refractivity contribution is 0.402. The minimum Gasteiger partial charge on any atom is -0.310 e. The molecule has 0 spiro atoms. The highest BCUT2D eigenvalue weighted by atomic mass is 14.9. The predicted octanol–water partition coefficient (Wildman–Crippen LogP) is 4.47. The summed E-state index contributed by atoms with van der Waals surface area (Å²) in [5, 5.41) is 3.68. The number of nitrogens with one attached hydrogen (secondary N) is 1. The Morgan fingerprint density at radius 1 is 1.24 bits per heavy atom. The molecule has 1 nitrogen and oxygen atoms in total. The molecule has 0 heterocycles. The van der Waals surface area contributed by atoms with E-state index in [4.69, 9.17) is 0 Å². The molecule has 2 unspecified atom stereocenters. The molecule has 0 aliphatic carbocycles. The second-order valence-electron chi connectivity index (χ2n) is 5.17. The molecular formula is C16H27N. The molecule has 0 aromatic heterocycles. The Morgan fingerprint density at radius 2 is 2.00 bits per heavy atom. The number of hydrogen-bond donors (Lipinski definition) is 1. The molecule has 0 bridgehead atoms. The Morgan fingerprint density at radius 3 is 2.59 bits per heavy atom. The summed E-state index contributed by atoms with van der Waals surface area (Å²) in [4.78, 5) is 0. The first-order chi connectivity index (χ1) is 8.17. The zero-order chi connectivity index (χ0) is 12.7. The molecule has 2 atom stereocenters. The fraction of sp³-hybridized carbons (Fsp3) is 0.625. The molecule has 0 saturated carbocycles. The SMILES string of the molecule is CCCNC(CC(C)CC)c1cccc(C)c1. The van der Waals surface area contributed by atoms with Gasteiger partial charge in [-0.1, -0.05) is 57.0 Å². The fourth-order valence-corrected chi connectivity index (χ4v) is 2.11. The van der Waals surface area contributed by atoms with Crippen molar-refractivity contribution in [3.05, 3.63) is 35.4 Å². The molecule has 1 aromatic rings. The van der Waals surface area contributed by atoms with E-state index in [1.165, 1.54) is 30.4 Å². The average Bonchev–Trinajstić information content (AvgIpc) is 2.34. The van der Waals surface area contributed by atoms with Crippen molar-refractivity contribution in [1.82, 2.24) is 5.32 Å². The van der Waals surface area contributed by atoms with Crippen LogP contribution >= 0.6 is 0 Å². The van der Waals surface area contributed by atoms with Gasteiger partial charge >= 0.3 is 0 Å². The number of benzene rings is 1. The highest BCUT2D eigenvalue weighted by Crippen LogP contribution is 2.23. The Balaban J connectivity index is 2.74. The quantitative estimate of drug-likeness (QED) is 0.732. The molecule has 0 radical (unpaired) electrons. The summed E-state index contributed by atoms with van der Waals surface area (Å²) in [7, 11) is 0. The van der Waals surface area contributed by atoms with E-state index in [-0.39, 0.29) is 0 Å². The van der Waals surface area contributed by atoms with E-state index in [9.17, 15) is 0 Å². The fourth-order valence-electron chi connectivity index (χ4n) is 2.11. The maximum absolute atomic E-state index is 3.68. The molecular weight excluding hydrogens is 206 g/mol. The third kappa shape index (κ3) is 4.91. The Hall–Kier alpha value is -0.820. The summed E-state index contributed by atoms with van der Waals surface area (Å²) < 4.78 is 0. The largest absolute Gasteiger partial charge is 0.310 e. The van der Waals surface area contributed by atoms with Crippen LogP contribution in [0.5, 0.6) is 0 Å². The molecule has 1 heteroatoms. The highest BCUT2D eigenvalue weighted by molar-refractivity contribution is 5.25. The first-order valence-corrected chi connectivity index (χ1v) is 6.97. The molecule has 1 aromatic carbocycles. The lowest BCUT2D eigenvalue weighted by Crippen LogP contribution is -2.24. The summed E-state index contributed by atoms with van der Waals surface area (Å²) in [6.07, 6.45) is 3.69. The van der Waals surface area contributed by atoms with E-state index in [2.05, 4.69) is 57.3 Å². The average molecular weight is 233 g/mol. The minimum absolute atomic E-state index is 0.518. The number of hydrogen-bond acceptors (Lipinski definition) is 1. The van der Waals surface area contributed by atoms with Crippen molar-refractivity contribution < 1.29 is 0 Å². The topological polar surface area (TPSA) is 12.0 Å². The summed E-state index contributed by atoms with van der Waals surface area (Å²) in [6.45, 7) is 10.1. The van der Waals surface area contributed by atoms with Gasteiger partial charge in [0.05, 0.1) is 0 Å². The van der Waals surface area contributed by atoms with Gasteiger partial charge in [-0.15, -0.1) is 0 Å². The number of aryl methyl sites for hydroxylation is 1. The van der Waals surface area contributed by atoms with Crippen LogP contribution in [0.2, 0.25) is 0 Å². The van der Waals surface area contributed by atoms with Crippen molar-refractivity contribution in [1.29, 1.82) is 0 Å². The van der Waals surface area contributed by atoms with Crippen molar-refractivity contribution in [2.45, 2.75) is 53.0 Å². The maximum Gasteiger partial charge on any atom is 0.0322 e. The lowest BCUT2D eigenvalue weighted by atomic mass is 9.93. The van der Waals surface area contributed by atoms with E-state index in [1.807, 2.05) is 0 Å². The van der Waals surface area contributed by atoms with Gasteiger partial charge in [0.25, 0.3) is 0 Å². The molecule has 0 saturated heterocycles. The van der Waals surface area contributed by atoms with E-state index in [0.29, 0.717) is 6.04 Å². The van der Waals surface area contributed by atoms with E-state index in [1.54, 1.807) is 0 Å². The van der Waals surface area contributed by atoms with Crippen LogP contribution in [0.1, 0.15) is 57.2 Å². The van der Waals surface area contributed by atoms with Crippen LogP contribution in [-0.2, 0) is 0 Å². The summed E-state index contributed by atoms with van der Waals surface area (Å²) in [5.74, 6) is 0.782. The van der Waals surface area contributed by atoms with Crippen LogP contribution in [0, 0.1) is 12.8 Å². The third-order valence-electron chi connectivity index (χ3n) is 3.42. The standard InChI is InChI=1S/C16H27N/c1-5-10-17-16(12-13(3)6-2)15-9-7-8-14(4)11-15/h7-9,11,13,16-17H,5-6,10,12H2,1-4H3. The molecule has 0 aliphatic rings. The van der Waals surface area contributed by atoms with Crippen LogP contribution < -0.4 is 5.32 Å². The Bertz CT molecular complexity index is 319. The van der Waals surface area contributed by atoms with Gasteiger partial charge in [-0.05, 0) is 37.8 Å². The molecule has 17 heavy (non-hydrogen) atoms. The molecule has 0 amide bonds. The van der Waals surface area contributed by atoms with E-state index < -0.39 is 0 Å². The summed E-state index contributed by atoms with van der Waals surface area (Å²) in [5.41, 5.74) is 2.80. The van der Waals surface area contributed by atoms with Crippen LogP contribution in [0.4, 0.5) is 0 Å². The van der Waals surface area contributed by atoms with Crippen molar-refractivity contribution in [3.63, 3.8) is 0 Å². The molecule has 96 valence electrons. The second kappa shape index (κ2) is 7.50. The molecule has 1 rings (SSSR count). The Kier molecular flexibility index (Phi) is 6.28. The first kappa shape index (κ1) is 14.2. The smallest absolute Gasteiger partial charge is 0.0322 e. The van der Waals surface area contributed by atoms with Crippen molar-refractivity contribution in [2.75, 3.05) is 6.54 Å². The van der Waals surface area contributed by atoms with Gasteiger partial charge in [0.1, 0.15) is 0 Å². The van der Waals surface area contributed by atoms with Crippen LogP contribution in [-0.4, -0.2) is 6.54 Å². The highest BCUT2D eigenvalue weighted by Gasteiger charge is 2.13. The molecule has 0 fully saturated rings. The van der Waals surface area contributed by atoms with Crippen molar-refractivity contribution >= 4 is 0 Å². The lowest BCUT2D eigenvalue weighted by Gasteiger charge is -2.22. The van der Waals surface area contributed by atoms with Gasteiger partial charge < -0.3 is 5.32 Å². The predicted molar refractivity (Wildman–Crippen MR) is 76.3 cm³/mol. The monoisotopic (exact) mass is 233 g/mol. The van der Waals surface area contributed by atoms with Crippen LogP contribution in [0.25, 0.3) is 0 Å². The normalized spacial score (nSPS) is 14.6. The van der Waals surface area contributed by atoms with Gasteiger partial charge in [0, 0.05) is 6.04 Å². The van der Waals surface area contributed by atoms with Gasteiger partial charge in [0.15, 0.2) is 0 Å². The summed E-state index contributed by atoms with van der Waals surface area (Å²) >= 11 is 0. The number of rotatable bonds is 7. The van der Waals surface area contributed by atoms with Gasteiger partial charge in [-0.3, -0.25) is 0 Å². The Labute approximate surface area is 107 Å². The van der Waals surface area contributed by atoms with Gasteiger partial charge in [-0.2, -0.15) is 0 Å². The zero-order valence-electron chi connectivity index (χ0n) is 11.8. The van der Waals surface area contributed by atoms with Crippen LogP contribution in [0.3, 0.4) is 0 Å². The molecule has 1 N–H and O–H groups in total. The molecule has 0 aliphatic heterocycles.